The summed E-state index contributed by atoms with van der Waals surface area (Å²) in [6, 6.07) is -0.147. The van der Waals surface area contributed by atoms with E-state index in [1.54, 1.807) is 0 Å². The summed E-state index contributed by atoms with van der Waals surface area (Å²) in [6.45, 7) is 20.3. The Kier molecular flexibility index (Phi) is 6.90. The molecule has 2 amide bonds. The number of carbonyl (C=O) groups excluding carboxylic acids is 2. The fourth-order valence-corrected chi connectivity index (χ4v) is 3.63. The molecule has 0 aromatic carbocycles. The van der Waals surface area contributed by atoms with Crippen molar-refractivity contribution in [1.29, 1.82) is 0 Å². The smallest absolute Gasteiger partial charge is 0.416 e. The van der Waals surface area contributed by atoms with E-state index in [-0.39, 0.29) is 28.3 Å². The van der Waals surface area contributed by atoms with Gasteiger partial charge in [0, 0.05) is 13.0 Å². The molecule has 1 aliphatic heterocycles. The maximum absolute atomic E-state index is 12.6. The Balaban J connectivity index is 2.60. The second kappa shape index (κ2) is 7.78. The van der Waals surface area contributed by atoms with Gasteiger partial charge in [-0.3, -0.25) is 4.79 Å². The lowest BCUT2D eigenvalue weighted by atomic mass is 9.88. The van der Waals surface area contributed by atoms with Crippen molar-refractivity contribution < 1.29 is 18.8 Å². The summed E-state index contributed by atoms with van der Waals surface area (Å²) in [5.74, 6) is 0.0620. The van der Waals surface area contributed by atoms with E-state index in [1.807, 2.05) is 13.8 Å². The minimum Gasteiger partial charge on any atom is -0.447 e. The van der Waals surface area contributed by atoms with Gasteiger partial charge in [0.2, 0.25) is 5.91 Å². The number of amides is 2. The predicted octanol–water partition coefficient (Wildman–Crippen LogP) is 4.82. The SMILES string of the molecule is CC(C)[C@@H]1COC(=O)N1C(=O)CCC(C)(C)CO[Si](C)(C)C(C)(C)C. The van der Waals surface area contributed by atoms with E-state index in [9.17, 15) is 9.59 Å². The number of rotatable bonds is 7. The lowest BCUT2D eigenvalue weighted by Gasteiger charge is -2.39. The molecular weight excluding hydrogens is 334 g/mol. The molecule has 0 bridgehead atoms. The molecule has 0 N–H and O–H groups in total. The van der Waals surface area contributed by atoms with Crippen molar-refractivity contribution >= 4 is 20.3 Å². The van der Waals surface area contributed by atoms with Gasteiger partial charge in [0.15, 0.2) is 8.32 Å². The quantitative estimate of drug-likeness (QED) is 0.602. The Bertz CT molecular complexity index is 494. The first-order chi connectivity index (χ1) is 11.2. The predicted molar refractivity (Wildman–Crippen MR) is 103 cm³/mol. The van der Waals surface area contributed by atoms with Crippen LogP contribution in [0.1, 0.15) is 61.3 Å². The lowest BCUT2D eigenvalue weighted by Crippen LogP contribution is -2.44. The molecule has 1 rings (SSSR count). The molecule has 1 fully saturated rings. The molecule has 0 radical (unpaired) electrons. The van der Waals surface area contributed by atoms with Gasteiger partial charge in [-0.15, -0.1) is 0 Å². The van der Waals surface area contributed by atoms with Gasteiger partial charge < -0.3 is 9.16 Å². The van der Waals surface area contributed by atoms with E-state index in [4.69, 9.17) is 9.16 Å². The van der Waals surface area contributed by atoms with E-state index in [0.29, 0.717) is 26.1 Å². The Morgan fingerprint density at radius 3 is 2.32 bits per heavy atom. The molecule has 0 spiro atoms. The van der Waals surface area contributed by atoms with Crippen molar-refractivity contribution in [3.8, 4) is 0 Å². The van der Waals surface area contributed by atoms with Gasteiger partial charge in [0.05, 0.1) is 6.04 Å². The Morgan fingerprint density at radius 2 is 1.84 bits per heavy atom. The first-order valence-electron chi connectivity index (χ1n) is 9.31. The van der Waals surface area contributed by atoms with Crippen LogP contribution >= 0.6 is 0 Å². The van der Waals surface area contributed by atoms with Crippen molar-refractivity contribution in [2.45, 2.75) is 85.5 Å². The maximum atomic E-state index is 12.6. The minimum atomic E-state index is -1.80. The van der Waals surface area contributed by atoms with Crippen molar-refractivity contribution in [3.63, 3.8) is 0 Å². The Labute approximate surface area is 154 Å². The number of hydrogen-bond donors (Lipinski definition) is 0. The Morgan fingerprint density at radius 1 is 1.28 bits per heavy atom. The normalized spacial score (nSPS) is 19.5. The average Bonchev–Trinajstić information content (AvgIpc) is 2.84. The zero-order valence-corrected chi connectivity index (χ0v) is 18.6. The van der Waals surface area contributed by atoms with Crippen LogP contribution in [-0.4, -0.2) is 44.5 Å². The van der Waals surface area contributed by atoms with Crippen LogP contribution in [0.5, 0.6) is 0 Å². The fourth-order valence-electron chi connectivity index (χ4n) is 2.44. The summed E-state index contributed by atoms with van der Waals surface area (Å²) in [4.78, 5) is 25.8. The van der Waals surface area contributed by atoms with Crippen LogP contribution in [0.15, 0.2) is 0 Å². The van der Waals surface area contributed by atoms with Crippen LogP contribution in [0, 0.1) is 11.3 Å². The third-order valence-electron chi connectivity index (χ3n) is 5.59. The maximum Gasteiger partial charge on any atom is 0.416 e. The molecule has 6 heteroatoms. The molecule has 0 aromatic rings. The van der Waals surface area contributed by atoms with E-state index in [2.05, 4.69) is 47.7 Å². The highest BCUT2D eigenvalue weighted by atomic mass is 28.4. The second-order valence-corrected chi connectivity index (χ2v) is 14.7. The number of carbonyl (C=O) groups is 2. The zero-order valence-electron chi connectivity index (χ0n) is 17.6. The molecule has 1 heterocycles. The van der Waals surface area contributed by atoms with Crippen LogP contribution < -0.4 is 0 Å². The molecule has 0 aliphatic carbocycles. The third-order valence-corrected chi connectivity index (χ3v) is 10.1. The van der Waals surface area contributed by atoms with Crippen LogP contribution in [0.2, 0.25) is 18.1 Å². The standard InChI is InChI=1S/C19H37NO4Si/c1-14(2)15-12-23-17(22)20(15)16(21)10-11-19(6,7)13-24-25(8,9)18(3,4)5/h14-15H,10-13H2,1-9H3/t15-/m0/s1. The van der Waals surface area contributed by atoms with Gasteiger partial charge in [0.25, 0.3) is 0 Å². The topological polar surface area (TPSA) is 55.8 Å². The number of imide groups is 1. The summed E-state index contributed by atoms with van der Waals surface area (Å²) >= 11 is 0. The summed E-state index contributed by atoms with van der Waals surface area (Å²) in [5.41, 5.74) is -0.109. The molecule has 146 valence electrons. The average molecular weight is 372 g/mol. The van der Waals surface area contributed by atoms with Crippen LogP contribution in [0.25, 0.3) is 0 Å². The fraction of sp³-hybridized carbons (Fsp3) is 0.895. The monoisotopic (exact) mass is 371 g/mol. The third kappa shape index (κ3) is 5.81. The number of nitrogens with zero attached hydrogens (tertiary/aromatic N) is 1. The van der Waals surface area contributed by atoms with Crippen molar-refractivity contribution in [2.75, 3.05) is 13.2 Å². The summed E-state index contributed by atoms with van der Waals surface area (Å²) < 4.78 is 11.4. The van der Waals surface area contributed by atoms with Crippen molar-refractivity contribution in [1.82, 2.24) is 4.90 Å². The molecule has 0 saturated carbocycles. The minimum absolute atomic E-state index is 0.109. The van der Waals surface area contributed by atoms with Gasteiger partial charge in [-0.05, 0) is 35.9 Å². The Hall–Kier alpha value is -0.883. The van der Waals surface area contributed by atoms with Crippen LogP contribution in [0.4, 0.5) is 4.79 Å². The molecule has 5 nitrogen and oxygen atoms in total. The number of hydrogen-bond acceptors (Lipinski definition) is 4. The van der Waals surface area contributed by atoms with Crippen LogP contribution in [0.3, 0.4) is 0 Å². The highest BCUT2D eigenvalue weighted by Crippen LogP contribution is 2.38. The molecular formula is C19H37NO4Si. The first-order valence-corrected chi connectivity index (χ1v) is 12.2. The highest BCUT2D eigenvalue weighted by molar-refractivity contribution is 6.74. The zero-order chi connectivity index (χ0) is 19.6. The van der Waals surface area contributed by atoms with E-state index in [0.717, 1.165) is 0 Å². The van der Waals surface area contributed by atoms with E-state index in [1.165, 1.54) is 4.90 Å². The van der Waals surface area contributed by atoms with Gasteiger partial charge in [-0.2, -0.15) is 0 Å². The molecule has 0 aromatic heterocycles. The summed E-state index contributed by atoms with van der Waals surface area (Å²) in [7, 11) is -1.80. The van der Waals surface area contributed by atoms with E-state index < -0.39 is 14.4 Å². The van der Waals surface area contributed by atoms with E-state index >= 15 is 0 Å². The summed E-state index contributed by atoms with van der Waals surface area (Å²) in [5, 5.41) is 0.169. The van der Waals surface area contributed by atoms with Gasteiger partial charge in [-0.25, -0.2) is 9.69 Å². The second-order valence-electron chi connectivity index (χ2n) is 9.87. The summed E-state index contributed by atoms with van der Waals surface area (Å²) in [6.07, 6.45) is 0.528. The highest BCUT2D eigenvalue weighted by Gasteiger charge is 2.41. The molecule has 0 unspecified atom stereocenters. The van der Waals surface area contributed by atoms with Crippen molar-refractivity contribution in [3.05, 3.63) is 0 Å². The van der Waals surface area contributed by atoms with Gasteiger partial charge >= 0.3 is 6.09 Å². The lowest BCUT2D eigenvalue weighted by molar-refractivity contribution is -0.130. The van der Waals surface area contributed by atoms with Crippen LogP contribution in [-0.2, 0) is 14.0 Å². The molecule has 1 aliphatic rings. The van der Waals surface area contributed by atoms with Gasteiger partial charge in [0.1, 0.15) is 6.61 Å². The largest absolute Gasteiger partial charge is 0.447 e. The number of cyclic esters (lactones) is 1. The van der Waals surface area contributed by atoms with Crippen molar-refractivity contribution in [2.24, 2.45) is 11.3 Å². The molecule has 1 saturated heterocycles. The number of ether oxygens (including phenoxy) is 1. The molecule has 1 atom stereocenters. The first kappa shape index (κ1) is 22.2. The van der Waals surface area contributed by atoms with Gasteiger partial charge in [-0.1, -0.05) is 48.5 Å². The molecule has 25 heavy (non-hydrogen) atoms.